The fourth-order valence-electron chi connectivity index (χ4n) is 1.46. The van der Waals surface area contributed by atoms with Crippen molar-refractivity contribution in [2.24, 2.45) is 0 Å². The van der Waals surface area contributed by atoms with E-state index in [0.29, 0.717) is 15.7 Å². The number of thiazole rings is 1. The normalized spacial score (nSPS) is 10.4. The molecule has 1 heterocycles. The summed E-state index contributed by atoms with van der Waals surface area (Å²) in [5, 5.41) is 9.06. The molecule has 0 spiro atoms. The third-order valence-electron chi connectivity index (χ3n) is 2.14. The predicted octanol–water partition coefficient (Wildman–Crippen LogP) is 2.16. The summed E-state index contributed by atoms with van der Waals surface area (Å²) >= 11 is 1.20. The van der Waals surface area contributed by atoms with Crippen molar-refractivity contribution in [2.45, 2.75) is 6.42 Å². The second-order valence-electron chi connectivity index (χ2n) is 3.41. The molecule has 88 valence electrons. The monoisotopic (exact) mass is 252 g/mol. The van der Waals surface area contributed by atoms with E-state index in [2.05, 4.69) is 4.98 Å². The number of aromatic nitrogens is 1. The molecule has 4 nitrogen and oxygen atoms in total. The molecular formula is C11H9FN2O2S. The fourth-order valence-corrected chi connectivity index (χ4v) is 2.31. The summed E-state index contributed by atoms with van der Waals surface area (Å²) in [6, 6.07) is 5.78. The van der Waals surface area contributed by atoms with Crippen LogP contribution in [0.25, 0.3) is 10.4 Å². The average Bonchev–Trinajstić information content (AvgIpc) is 2.59. The van der Waals surface area contributed by atoms with Gasteiger partial charge >= 0.3 is 5.97 Å². The summed E-state index contributed by atoms with van der Waals surface area (Å²) in [5.74, 6) is -1.32. The van der Waals surface area contributed by atoms with Crippen LogP contribution in [-0.2, 0) is 11.2 Å². The topological polar surface area (TPSA) is 76.2 Å². The Bertz CT molecular complexity index is 551. The van der Waals surface area contributed by atoms with Crippen molar-refractivity contribution in [2.75, 3.05) is 5.73 Å². The molecule has 0 aliphatic carbocycles. The third-order valence-corrected chi connectivity index (χ3v) is 3.11. The van der Waals surface area contributed by atoms with Crippen molar-refractivity contribution in [3.63, 3.8) is 0 Å². The minimum Gasteiger partial charge on any atom is -0.481 e. The molecule has 0 fully saturated rings. The van der Waals surface area contributed by atoms with Crippen LogP contribution in [0.4, 0.5) is 9.52 Å². The highest BCUT2D eigenvalue weighted by Crippen LogP contribution is 2.32. The molecule has 0 aliphatic rings. The van der Waals surface area contributed by atoms with Crippen LogP contribution in [0.15, 0.2) is 24.3 Å². The van der Waals surface area contributed by atoms with Gasteiger partial charge in [-0.15, -0.1) is 0 Å². The van der Waals surface area contributed by atoms with Crippen molar-refractivity contribution >= 4 is 22.4 Å². The van der Waals surface area contributed by atoms with E-state index >= 15 is 0 Å². The van der Waals surface area contributed by atoms with Gasteiger partial charge in [-0.25, -0.2) is 9.37 Å². The Morgan fingerprint density at radius 1 is 1.41 bits per heavy atom. The molecule has 17 heavy (non-hydrogen) atoms. The quantitative estimate of drug-likeness (QED) is 0.877. The van der Waals surface area contributed by atoms with Crippen LogP contribution in [-0.4, -0.2) is 16.1 Å². The van der Waals surface area contributed by atoms with Gasteiger partial charge in [-0.1, -0.05) is 23.5 Å². The van der Waals surface area contributed by atoms with Gasteiger partial charge in [-0.2, -0.15) is 0 Å². The van der Waals surface area contributed by atoms with Gasteiger partial charge in [0.2, 0.25) is 0 Å². The highest BCUT2D eigenvalue weighted by atomic mass is 32.1. The van der Waals surface area contributed by atoms with Crippen molar-refractivity contribution in [3.8, 4) is 10.4 Å². The van der Waals surface area contributed by atoms with Crippen LogP contribution in [0, 0.1) is 5.82 Å². The zero-order valence-electron chi connectivity index (χ0n) is 8.68. The molecule has 1 aromatic heterocycles. The second-order valence-corrected chi connectivity index (χ2v) is 4.44. The largest absolute Gasteiger partial charge is 0.481 e. The number of aliphatic carboxylic acids is 1. The molecule has 0 bridgehead atoms. The number of carboxylic acid groups (broad SMARTS) is 1. The number of nitrogens with zero attached hydrogens (tertiary/aromatic N) is 1. The van der Waals surface area contributed by atoms with E-state index in [-0.39, 0.29) is 12.2 Å². The van der Waals surface area contributed by atoms with Crippen molar-refractivity contribution < 1.29 is 14.3 Å². The van der Waals surface area contributed by atoms with Crippen molar-refractivity contribution in [3.05, 3.63) is 35.8 Å². The number of nitrogen functional groups attached to an aromatic ring is 1. The SMILES string of the molecule is Nc1nc(CC(=O)O)c(-c2ccc(F)cc2)s1. The second kappa shape index (κ2) is 4.50. The van der Waals surface area contributed by atoms with Crippen LogP contribution < -0.4 is 5.73 Å². The smallest absolute Gasteiger partial charge is 0.309 e. The Hall–Kier alpha value is -1.95. The Morgan fingerprint density at radius 2 is 2.06 bits per heavy atom. The lowest BCUT2D eigenvalue weighted by molar-refractivity contribution is -0.136. The van der Waals surface area contributed by atoms with Crippen molar-refractivity contribution in [1.82, 2.24) is 4.98 Å². The summed E-state index contributed by atoms with van der Waals surface area (Å²) in [6.45, 7) is 0. The van der Waals surface area contributed by atoms with E-state index in [1.165, 1.54) is 23.5 Å². The molecule has 0 aliphatic heterocycles. The first-order valence-corrected chi connectivity index (χ1v) is 5.61. The van der Waals surface area contributed by atoms with Gasteiger partial charge in [0.05, 0.1) is 17.0 Å². The number of anilines is 1. The maximum absolute atomic E-state index is 12.8. The molecule has 2 rings (SSSR count). The van der Waals surface area contributed by atoms with E-state index < -0.39 is 5.97 Å². The summed E-state index contributed by atoms with van der Waals surface area (Å²) in [4.78, 5) is 15.3. The van der Waals surface area contributed by atoms with Crippen LogP contribution in [0.2, 0.25) is 0 Å². The molecular weight excluding hydrogens is 243 g/mol. The molecule has 0 atom stereocenters. The molecule has 6 heteroatoms. The summed E-state index contributed by atoms with van der Waals surface area (Å²) in [6.07, 6.45) is -0.194. The molecule has 1 aromatic carbocycles. The number of nitrogens with two attached hydrogens (primary N) is 1. The highest BCUT2D eigenvalue weighted by Gasteiger charge is 2.14. The molecule has 2 aromatic rings. The van der Waals surface area contributed by atoms with Gasteiger partial charge in [0, 0.05) is 0 Å². The molecule has 0 amide bonds. The van der Waals surface area contributed by atoms with Gasteiger partial charge < -0.3 is 10.8 Å². The minimum absolute atomic E-state index is 0.194. The first kappa shape index (κ1) is 11.5. The number of carboxylic acids is 1. The number of benzene rings is 1. The van der Waals surface area contributed by atoms with E-state index in [4.69, 9.17) is 10.8 Å². The Kier molecular flexibility index (Phi) is 3.06. The van der Waals surface area contributed by atoms with E-state index in [1.54, 1.807) is 12.1 Å². The Balaban J connectivity index is 2.43. The van der Waals surface area contributed by atoms with E-state index in [9.17, 15) is 9.18 Å². The summed E-state index contributed by atoms with van der Waals surface area (Å²) < 4.78 is 12.8. The summed E-state index contributed by atoms with van der Waals surface area (Å²) in [5.41, 5.74) is 6.69. The number of carbonyl (C=O) groups is 1. The lowest BCUT2D eigenvalue weighted by Crippen LogP contribution is -2.01. The third kappa shape index (κ3) is 2.59. The Morgan fingerprint density at radius 3 is 2.65 bits per heavy atom. The van der Waals surface area contributed by atoms with E-state index in [0.717, 1.165) is 5.56 Å². The average molecular weight is 252 g/mol. The molecule has 0 saturated carbocycles. The van der Waals surface area contributed by atoms with Gasteiger partial charge in [-0.05, 0) is 17.7 Å². The van der Waals surface area contributed by atoms with Crippen LogP contribution in [0.5, 0.6) is 0 Å². The number of rotatable bonds is 3. The van der Waals surface area contributed by atoms with Gasteiger partial charge in [0.1, 0.15) is 5.82 Å². The maximum atomic E-state index is 12.8. The van der Waals surface area contributed by atoms with Gasteiger partial charge in [0.15, 0.2) is 5.13 Å². The Labute approximate surface area is 101 Å². The number of hydrogen-bond donors (Lipinski definition) is 2. The van der Waals surface area contributed by atoms with E-state index in [1.807, 2.05) is 0 Å². The molecule has 3 N–H and O–H groups in total. The van der Waals surface area contributed by atoms with Gasteiger partial charge in [0.25, 0.3) is 0 Å². The zero-order valence-corrected chi connectivity index (χ0v) is 9.50. The molecule has 0 radical (unpaired) electrons. The number of halogens is 1. The predicted molar refractivity (Wildman–Crippen MR) is 63.3 cm³/mol. The summed E-state index contributed by atoms with van der Waals surface area (Å²) in [7, 11) is 0. The lowest BCUT2D eigenvalue weighted by Gasteiger charge is -1.99. The first-order valence-electron chi connectivity index (χ1n) is 4.79. The van der Waals surface area contributed by atoms with Gasteiger partial charge in [-0.3, -0.25) is 4.79 Å². The van der Waals surface area contributed by atoms with Crippen LogP contribution >= 0.6 is 11.3 Å². The molecule has 0 unspecified atom stereocenters. The minimum atomic E-state index is -0.973. The fraction of sp³-hybridized carbons (Fsp3) is 0.0909. The van der Waals surface area contributed by atoms with Crippen LogP contribution in [0.1, 0.15) is 5.69 Å². The maximum Gasteiger partial charge on any atom is 0.309 e. The highest BCUT2D eigenvalue weighted by molar-refractivity contribution is 7.18. The standard InChI is InChI=1S/C11H9FN2O2S/c12-7-3-1-6(2-4-7)10-8(5-9(15)16)14-11(13)17-10/h1-4H,5H2,(H2,13,14)(H,15,16). The van der Waals surface area contributed by atoms with Crippen molar-refractivity contribution in [1.29, 1.82) is 0 Å². The molecule has 0 saturated heterocycles. The lowest BCUT2D eigenvalue weighted by atomic mass is 10.1. The first-order chi connectivity index (χ1) is 8.06. The number of hydrogen-bond acceptors (Lipinski definition) is 4. The zero-order chi connectivity index (χ0) is 12.4. The van der Waals surface area contributed by atoms with Crippen LogP contribution in [0.3, 0.4) is 0 Å².